The molecule has 1 aromatic heterocycles. The van der Waals surface area contributed by atoms with Gasteiger partial charge in [-0.1, -0.05) is 47.6 Å². The van der Waals surface area contributed by atoms with Crippen molar-refractivity contribution in [3.63, 3.8) is 0 Å². The summed E-state index contributed by atoms with van der Waals surface area (Å²) >= 11 is 1.62. The van der Waals surface area contributed by atoms with Gasteiger partial charge in [0.25, 0.3) is 5.91 Å². The largest absolute Gasteiger partial charge is 0.361 e. The Hall–Kier alpha value is -3.31. The predicted octanol–water partition coefficient (Wildman–Crippen LogP) is 6.41. The molecule has 0 radical (unpaired) electrons. The van der Waals surface area contributed by atoms with Gasteiger partial charge < -0.3 is 9.84 Å². The van der Waals surface area contributed by atoms with E-state index in [0.717, 1.165) is 34.0 Å². The van der Waals surface area contributed by atoms with Crippen molar-refractivity contribution in [1.29, 1.82) is 0 Å². The van der Waals surface area contributed by atoms with Crippen LogP contribution in [0, 0.1) is 13.8 Å². The number of fused-ring (bicyclic) bond motifs is 3. The number of anilines is 1. The second-order valence-electron chi connectivity index (χ2n) is 7.75. The van der Waals surface area contributed by atoms with Crippen LogP contribution >= 0.6 is 11.8 Å². The van der Waals surface area contributed by atoms with Gasteiger partial charge in [0.15, 0.2) is 0 Å². The molecule has 0 saturated heterocycles. The number of hydrogen-bond donors (Lipinski definition) is 1. The zero-order valence-electron chi connectivity index (χ0n) is 17.4. The highest BCUT2D eigenvalue weighted by Gasteiger charge is 2.19. The minimum absolute atomic E-state index is 0.0997. The lowest BCUT2D eigenvalue weighted by Gasteiger charge is -2.11. The highest BCUT2D eigenvalue weighted by atomic mass is 32.2. The van der Waals surface area contributed by atoms with Gasteiger partial charge in [-0.15, -0.1) is 11.8 Å². The first-order valence-corrected chi connectivity index (χ1v) is 11.2. The van der Waals surface area contributed by atoms with E-state index in [2.05, 4.69) is 46.9 Å². The lowest BCUT2D eigenvalue weighted by Crippen LogP contribution is -2.13. The Bertz CT molecular complexity index is 1270. The number of thioether (sulfide) groups is 1. The molecule has 1 N–H and O–H groups in total. The van der Waals surface area contributed by atoms with Crippen LogP contribution in [0.4, 0.5) is 5.69 Å². The van der Waals surface area contributed by atoms with Crippen LogP contribution in [0.2, 0.25) is 0 Å². The maximum atomic E-state index is 13.1. The van der Waals surface area contributed by atoms with Crippen molar-refractivity contribution in [2.24, 2.45) is 0 Å². The van der Waals surface area contributed by atoms with Gasteiger partial charge in [-0.25, -0.2) is 0 Å². The van der Waals surface area contributed by atoms with Crippen molar-refractivity contribution >= 4 is 23.4 Å². The number of nitrogens with one attached hydrogen (secondary N) is 1. The van der Waals surface area contributed by atoms with Crippen LogP contribution in [-0.4, -0.2) is 11.1 Å². The molecule has 31 heavy (non-hydrogen) atoms. The molecule has 0 unspecified atom stereocenters. The summed E-state index contributed by atoms with van der Waals surface area (Å²) in [5.41, 5.74) is 8.59. The van der Waals surface area contributed by atoms with Gasteiger partial charge in [-0.2, -0.15) is 0 Å². The SMILES string of the molecule is Cc1noc(C)c1CSc1ccccc1C(=O)Nc1ccc2c(c1)Cc1ccccc1-2. The quantitative estimate of drug-likeness (QED) is 0.330. The number of rotatable bonds is 5. The maximum absolute atomic E-state index is 13.1. The Balaban J connectivity index is 1.34. The van der Waals surface area contributed by atoms with Gasteiger partial charge in [0, 0.05) is 21.9 Å². The topological polar surface area (TPSA) is 55.1 Å². The van der Waals surface area contributed by atoms with Crippen LogP contribution in [0.5, 0.6) is 0 Å². The van der Waals surface area contributed by atoms with E-state index in [1.54, 1.807) is 11.8 Å². The number of nitrogens with zero attached hydrogens (tertiary/aromatic N) is 1. The maximum Gasteiger partial charge on any atom is 0.256 e. The smallest absolute Gasteiger partial charge is 0.256 e. The second kappa shape index (κ2) is 8.08. The van der Waals surface area contributed by atoms with Gasteiger partial charge in [0.2, 0.25) is 0 Å². The van der Waals surface area contributed by atoms with Gasteiger partial charge in [0.05, 0.1) is 11.3 Å². The van der Waals surface area contributed by atoms with E-state index in [1.807, 2.05) is 44.2 Å². The standard InChI is InChI=1S/C26H22N2O2S/c1-16-24(17(2)30-28-16)15-31-25-10-6-5-9-23(25)26(29)27-20-11-12-22-19(14-20)13-18-7-3-4-8-21(18)22/h3-12,14H,13,15H2,1-2H3,(H,27,29). The summed E-state index contributed by atoms with van der Waals surface area (Å²) in [5, 5.41) is 7.11. The van der Waals surface area contributed by atoms with Crippen molar-refractivity contribution in [3.05, 3.63) is 100 Å². The normalized spacial score (nSPS) is 11.8. The second-order valence-corrected chi connectivity index (χ2v) is 8.76. The highest BCUT2D eigenvalue weighted by molar-refractivity contribution is 7.98. The third kappa shape index (κ3) is 3.77. The summed E-state index contributed by atoms with van der Waals surface area (Å²) < 4.78 is 5.26. The molecule has 5 heteroatoms. The number of carbonyl (C=O) groups is 1. The monoisotopic (exact) mass is 426 g/mol. The molecule has 4 aromatic rings. The number of hydrogen-bond acceptors (Lipinski definition) is 4. The molecule has 0 spiro atoms. The van der Waals surface area contributed by atoms with E-state index in [1.165, 1.54) is 22.3 Å². The van der Waals surface area contributed by atoms with Gasteiger partial charge in [-0.3, -0.25) is 4.79 Å². The minimum atomic E-state index is -0.0997. The molecule has 0 atom stereocenters. The lowest BCUT2D eigenvalue weighted by molar-refractivity contribution is 0.102. The molecule has 5 rings (SSSR count). The molecule has 1 heterocycles. The van der Waals surface area contributed by atoms with Crippen molar-refractivity contribution in [2.45, 2.75) is 30.9 Å². The van der Waals surface area contributed by atoms with Crippen LogP contribution in [0.3, 0.4) is 0 Å². The Labute approximate surface area is 185 Å². The number of amides is 1. The molecular weight excluding hydrogens is 404 g/mol. The van der Waals surface area contributed by atoms with E-state index >= 15 is 0 Å². The molecular formula is C26H22N2O2S. The molecule has 0 aliphatic heterocycles. The fourth-order valence-corrected chi connectivity index (χ4v) is 5.26. The third-order valence-corrected chi connectivity index (χ3v) is 6.84. The molecule has 1 aliphatic rings. The zero-order chi connectivity index (χ0) is 21.4. The third-order valence-electron chi connectivity index (χ3n) is 5.74. The summed E-state index contributed by atoms with van der Waals surface area (Å²) in [5.74, 6) is 1.44. The predicted molar refractivity (Wildman–Crippen MR) is 125 cm³/mol. The van der Waals surface area contributed by atoms with Gasteiger partial charge in [-0.05, 0) is 66.8 Å². The Morgan fingerprint density at radius 3 is 2.61 bits per heavy atom. The van der Waals surface area contributed by atoms with E-state index in [0.29, 0.717) is 11.3 Å². The molecule has 0 fully saturated rings. The van der Waals surface area contributed by atoms with Crippen molar-refractivity contribution < 1.29 is 9.32 Å². The Morgan fingerprint density at radius 2 is 1.77 bits per heavy atom. The molecule has 1 aliphatic carbocycles. The first-order valence-electron chi connectivity index (χ1n) is 10.3. The summed E-state index contributed by atoms with van der Waals surface area (Å²) in [6.07, 6.45) is 0.902. The fourth-order valence-electron chi connectivity index (χ4n) is 4.06. The first-order chi connectivity index (χ1) is 15.1. The number of benzene rings is 3. The van der Waals surface area contributed by atoms with Crippen molar-refractivity contribution in [1.82, 2.24) is 5.16 Å². The van der Waals surface area contributed by atoms with Crippen LogP contribution in [-0.2, 0) is 12.2 Å². The Kier molecular flexibility index (Phi) is 5.12. The zero-order valence-corrected chi connectivity index (χ0v) is 18.3. The summed E-state index contributed by atoms with van der Waals surface area (Å²) in [6.45, 7) is 3.86. The molecule has 154 valence electrons. The van der Waals surface area contributed by atoms with Gasteiger partial charge in [0.1, 0.15) is 5.76 Å². The molecule has 3 aromatic carbocycles. The van der Waals surface area contributed by atoms with Crippen molar-refractivity contribution in [2.75, 3.05) is 5.32 Å². The molecule has 0 bridgehead atoms. The average Bonchev–Trinajstić information content (AvgIpc) is 3.31. The minimum Gasteiger partial charge on any atom is -0.361 e. The molecule has 4 nitrogen and oxygen atoms in total. The first kappa shape index (κ1) is 19.6. The van der Waals surface area contributed by atoms with Crippen LogP contribution in [0.25, 0.3) is 11.1 Å². The number of carbonyl (C=O) groups excluding carboxylic acids is 1. The Morgan fingerprint density at radius 1 is 1.00 bits per heavy atom. The summed E-state index contributed by atoms with van der Waals surface area (Å²) in [6, 6.07) is 22.4. The lowest BCUT2D eigenvalue weighted by atomic mass is 10.1. The fraction of sp³-hybridized carbons (Fsp3) is 0.154. The number of aryl methyl sites for hydroxylation is 2. The van der Waals surface area contributed by atoms with Crippen LogP contribution in [0.15, 0.2) is 76.1 Å². The molecule has 0 saturated carbocycles. The number of aromatic nitrogens is 1. The van der Waals surface area contributed by atoms with E-state index in [4.69, 9.17) is 4.52 Å². The van der Waals surface area contributed by atoms with E-state index in [9.17, 15) is 4.79 Å². The van der Waals surface area contributed by atoms with E-state index in [-0.39, 0.29) is 5.91 Å². The van der Waals surface area contributed by atoms with Crippen LogP contribution < -0.4 is 5.32 Å². The van der Waals surface area contributed by atoms with E-state index < -0.39 is 0 Å². The van der Waals surface area contributed by atoms with Crippen molar-refractivity contribution in [3.8, 4) is 11.1 Å². The molecule has 1 amide bonds. The van der Waals surface area contributed by atoms with Gasteiger partial charge >= 0.3 is 0 Å². The summed E-state index contributed by atoms with van der Waals surface area (Å²) in [7, 11) is 0. The average molecular weight is 427 g/mol. The summed E-state index contributed by atoms with van der Waals surface area (Å²) in [4.78, 5) is 14.0. The van der Waals surface area contributed by atoms with Crippen LogP contribution in [0.1, 0.15) is 38.5 Å². The highest BCUT2D eigenvalue weighted by Crippen LogP contribution is 2.38.